The van der Waals surface area contributed by atoms with E-state index in [0.717, 1.165) is 24.3 Å². The van der Waals surface area contributed by atoms with Gasteiger partial charge in [0, 0.05) is 25.2 Å². The van der Waals surface area contributed by atoms with E-state index in [1.807, 2.05) is 0 Å². The molecule has 1 amide bonds. The van der Waals surface area contributed by atoms with E-state index in [1.165, 1.54) is 6.92 Å². The predicted octanol–water partition coefficient (Wildman–Crippen LogP) is -0.663. The monoisotopic (exact) mass is 316 g/mol. The molecular formula is C11H16N4O5S. The van der Waals surface area contributed by atoms with Gasteiger partial charge in [-0.3, -0.25) is 14.9 Å². The molecule has 0 fully saturated rings. The first-order chi connectivity index (χ1) is 9.74. The minimum atomic E-state index is -3.78. The van der Waals surface area contributed by atoms with Crippen LogP contribution in [0.15, 0.2) is 29.2 Å². The maximum absolute atomic E-state index is 11.9. The van der Waals surface area contributed by atoms with E-state index < -0.39 is 21.0 Å². The van der Waals surface area contributed by atoms with Gasteiger partial charge in [-0.25, -0.2) is 13.1 Å². The lowest BCUT2D eigenvalue weighted by molar-refractivity contribution is -0.384. The number of carbonyl (C=O) groups excluding carboxylic acids is 1. The number of non-ortho nitro benzene ring substituents is 1. The fourth-order valence-corrected chi connectivity index (χ4v) is 2.39. The molecule has 21 heavy (non-hydrogen) atoms. The summed E-state index contributed by atoms with van der Waals surface area (Å²) in [6.07, 6.45) is 0. The molecule has 10 heteroatoms. The summed E-state index contributed by atoms with van der Waals surface area (Å²) in [6, 6.07) is 3.82. The summed E-state index contributed by atoms with van der Waals surface area (Å²) in [6.45, 7) is 1.58. The highest BCUT2D eigenvalue weighted by molar-refractivity contribution is 7.89. The third kappa shape index (κ3) is 5.10. The predicted molar refractivity (Wildman–Crippen MR) is 74.9 cm³/mol. The Morgan fingerprint density at radius 2 is 1.90 bits per heavy atom. The molecule has 0 aliphatic rings. The van der Waals surface area contributed by atoms with Gasteiger partial charge in [-0.2, -0.15) is 0 Å². The second-order valence-corrected chi connectivity index (χ2v) is 6.00. The van der Waals surface area contributed by atoms with Crippen LogP contribution in [0.4, 0.5) is 5.69 Å². The number of nitro groups is 1. The molecule has 0 radical (unpaired) electrons. The van der Waals surface area contributed by atoms with Gasteiger partial charge in [0.2, 0.25) is 15.9 Å². The number of nitrogens with one attached hydrogen (secondary N) is 2. The van der Waals surface area contributed by atoms with Gasteiger partial charge >= 0.3 is 0 Å². The Hall–Kier alpha value is -2.04. The lowest BCUT2D eigenvalue weighted by Crippen LogP contribution is -2.41. The second kappa shape index (κ2) is 7.11. The van der Waals surface area contributed by atoms with Gasteiger partial charge in [-0.1, -0.05) is 0 Å². The van der Waals surface area contributed by atoms with Gasteiger partial charge in [0.05, 0.1) is 15.9 Å². The van der Waals surface area contributed by atoms with E-state index in [9.17, 15) is 23.3 Å². The molecule has 1 aromatic carbocycles. The quantitative estimate of drug-likeness (QED) is 0.346. The van der Waals surface area contributed by atoms with Crippen molar-refractivity contribution in [1.29, 1.82) is 0 Å². The van der Waals surface area contributed by atoms with Crippen molar-refractivity contribution in [2.45, 2.75) is 17.9 Å². The van der Waals surface area contributed by atoms with E-state index in [-0.39, 0.29) is 29.6 Å². The highest BCUT2D eigenvalue weighted by Gasteiger charge is 2.15. The van der Waals surface area contributed by atoms with Crippen molar-refractivity contribution in [3.05, 3.63) is 34.4 Å². The zero-order valence-corrected chi connectivity index (χ0v) is 12.1. The lowest BCUT2D eigenvalue weighted by Gasteiger charge is -2.09. The minimum Gasteiger partial charge on any atom is -0.353 e. The maximum Gasteiger partial charge on any atom is 0.269 e. The Labute approximate surface area is 121 Å². The van der Waals surface area contributed by atoms with Gasteiger partial charge in [0.1, 0.15) is 0 Å². The summed E-state index contributed by atoms with van der Waals surface area (Å²) in [4.78, 5) is 20.9. The average Bonchev–Trinajstić information content (AvgIpc) is 2.43. The Bertz CT molecular complexity index is 612. The minimum absolute atomic E-state index is 0.0161. The van der Waals surface area contributed by atoms with Crippen molar-refractivity contribution in [1.82, 2.24) is 10.0 Å². The number of benzene rings is 1. The van der Waals surface area contributed by atoms with Crippen molar-refractivity contribution in [3.8, 4) is 0 Å². The molecular weight excluding hydrogens is 300 g/mol. The Morgan fingerprint density at radius 1 is 1.33 bits per heavy atom. The third-order valence-corrected chi connectivity index (χ3v) is 3.96. The lowest BCUT2D eigenvalue weighted by atomic mass is 10.3. The average molecular weight is 316 g/mol. The van der Waals surface area contributed by atoms with Crippen LogP contribution in [0, 0.1) is 10.1 Å². The zero-order valence-electron chi connectivity index (χ0n) is 11.3. The van der Waals surface area contributed by atoms with Crippen molar-refractivity contribution in [2.24, 2.45) is 5.73 Å². The Morgan fingerprint density at radius 3 is 2.38 bits per heavy atom. The SMILES string of the molecule is C[C@H](N)C(=O)NCCNS(=O)(=O)c1ccc([N+](=O)[O-])cc1. The summed E-state index contributed by atoms with van der Waals surface area (Å²) in [5.41, 5.74) is 5.13. The van der Waals surface area contributed by atoms with Crippen LogP contribution in [0.5, 0.6) is 0 Å². The Balaban J connectivity index is 2.57. The first-order valence-corrected chi connectivity index (χ1v) is 7.50. The largest absolute Gasteiger partial charge is 0.353 e. The van der Waals surface area contributed by atoms with Crippen molar-refractivity contribution in [2.75, 3.05) is 13.1 Å². The first-order valence-electron chi connectivity index (χ1n) is 6.01. The van der Waals surface area contributed by atoms with E-state index >= 15 is 0 Å². The highest BCUT2D eigenvalue weighted by Crippen LogP contribution is 2.15. The number of amides is 1. The Kier molecular flexibility index (Phi) is 5.76. The first kappa shape index (κ1) is 17.0. The van der Waals surface area contributed by atoms with Gasteiger partial charge in [0.15, 0.2) is 0 Å². The molecule has 1 aromatic rings. The van der Waals surface area contributed by atoms with Crippen LogP contribution in [0.3, 0.4) is 0 Å². The van der Waals surface area contributed by atoms with Crippen molar-refractivity contribution >= 4 is 21.6 Å². The zero-order chi connectivity index (χ0) is 16.0. The number of carbonyl (C=O) groups is 1. The molecule has 4 N–H and O–H groups in total. The summed E-state index contributed by atoms with van der Waals surface area (Å²) in [5, 5.41) is 12.9. The third-order valence-electron chi connectivity index (χ3n) is 2.49. The topological polar surface area (TPSA) is 144 Å². The summed E-state index contributed by atoms with van der Waals surface area (Å²) in [7, 11) is -3.78. The number of hydrogen-bond acceptors (Lipinski definition) is 6. The van der Waals surface area contributed by atoms with Crippen LogP contribution in [0.25, 0.3) is 0 Å². The number of nitro benzene ring substituents is 1. The van der Waals surface area contributed by atoms with E-state index in [4.69, 9.17) is 5.73 Å². The summed E-state index contributed by atoms with van der Waals surface area (Å²) >= 11 is 0. The molecule has 1 atom stereocenters. The number of nitrogens with zero attached hydrogens (tertiary/aromatic N) is 1. The van der Waals surface area contributed by atoms with Gasteiger partial charge < -0.3 is 11.1 Å². The van der Waals surface area contributed by atoms with E-state index in [1.54, 1.807) is 0 Å². The van der Waals surface area contributed by atoms with E-state index in [0.29, 0.717) is 0 Å². The van der Waals surface area contributed by atoms with Crippen LogP contribution in [0.2, 0.25) is 0 Å². The van der Waals surface area contributed by atoms with Crippen LogP contribution < -0.4 is 15.8 Å². The van der Waals surface area contributed by atoms with Crippen molar-refractivity contribution in [3.63, 3.8) is 0 Å². The molecule has 1 rings (SSSR count). The van der Waals surface area contributed by atoms with Gasteiger partial charge in [-0.05, 0) is 19.1 Å². The second-order valence-electron chi connectivity index (χ2n) is 4.23. The van der Waals surface area contributed by atoms with Gasteiger partial charge in [0.25, 0.3) is 5.69 Å². The number of hydrogen-bond donors (Lipinski definition) is 3. The molecule has 0 unspecified atom stereocenters. The molecule has 9 nitrogen and oxygen atoms in total. The maximum atomic E-state index is 11.9. The molecule has 0 heterocycles. The number of nitrogens with two attached hydrogens (primary N) is 1. The highest BCUT2D eigenvalue weighted by atomic mass is 32.2. The van der Waals surface area contributed by atoms with Crippen LogP contribution in [0.1, 0.15) is 6.92 Å². The van der Waals surface area contributed by atoms with Gasteiger partial charge in [-0.15, -0.1) is 0 Å². The summed E-state index contributed by atoms with van der Waals surface area (Å²) < 4.78 is 26.0. The molecule has 0 saturated carbocycles. The van der Waals surface area contributed by atoms with Crippen LogP contribution >= 0.6 is 0 Å². The molecule has 0 aromatic heterocycles. The fourth-order valence-electron chi connectivity index (χ4n) is 1.36. The number of rotatable bonds is 7. The fraction of sp³-hybridized carbons (Fsp3) is 0.364. The van der Waals surface area contributed by atoms with E-state index in [2.05, 4.69) is 10.0 Å². The molecule has 0 spiro atoms. The van der Waals surface area contributed by atoms with Crippen molar-refractivity contribution < 1.29 is 18.1 Å². The molecule has 116 valence electrons. The number of sulfonamides is 1. The van der Waals surface area contributed by atoms with Crippen LogP contribution in [-0.2, 0) is 14.8 Å². The van der Waals surface area contributed by atoms with Crippen LogP contribution in [-0.4, -0.2) is 38.4 Å². The normalized spacial score (nSPS) is 12.7. The molecule has 0 saturated heterocycles. The molecule has 0 bridgehead atoms. The molecule has 0 aliphatic heterocycles. The smallest absolute Gasteiger partial charge is 0.269 e. The standard InChI is InChI=1S/C11H16N4O5S/c1-8(12)11(16)13-6-7-14-21(19,20)10-4-2-9(3-5-10)15(17)18/h2-5,8,14H,6-7,12H2,1H3,(H,13,16)/t8-/m0/s1. The summed E-state index contributed by atoms with van der Waals surface area (Å²) in [5.74, 6) is -0.385. The molecule has 0 aliphatic carbocycles.